The van der Waals surface area contributed by atoms with Crippen LogP contribution in [0.25, 0.3) is 22.3 Å². The number of benzene rings is 7. The average molecular weight is 659 g/mol. The zero-order valence-corrected chi connectivity index (χ0v) is 29.3. The molecule has 0 amide bonds. The molecule has 51 heavy (non-hydrogen) atoms. The third-order valence-electron chi connectivity index (χ3n) is 11.4. The average Bonchev–Trinajstić information content (AvgIpc) is 3.40. The van der Waals surface area contributed by atoms with Crippen molar-refractivity contribution < 1.29 is 4.74 Å². The third-order valence-corrected chi connectivity index (χ3v) is 11.4. The van der Waals surface area contributed by atoms with E-state index >= 15 is 0 Å². The molecule has 2 heterocycles. The normalized spacial score (nSPS) is 15.1. The van der Waals surface area contributed by atoms with Crippen LogP contribution in [0.5, 0.6) is 11.5 Å². The van der Waals surface area contributed by atoms with Crippen molar-refractivity contribution in [3.8, 4) is 33.8 Å². The van der Waals surface area contributed by atoms with E-state index in [1.54, 1.807) is 0 Å². The number of anilines is 6. The lowest BCUT2D eigenvalue weighted by Gasteiger charge is -2.46. The van der Waals surface area contributed by atoms with Crippen LogP contribution in [0.3, 0.4) is 0 Å². The maximum atomic E-state index is 7.13. The maximum absolute atomic E-state index is 7.13. The predicted octanol–water partition coefficient (Wildman–Crippen LogP) is 13.3. The molecule has 0 spiro atoms. The molecule has 0 saturated carbocycles. The highest BCUT2D eigenvalue weighted by molar-refractivity contribution is 6.00. The van der Waals surface area contributed by atoms with Gasteiger partial charge in [-0.25, -0.2) is 0 Å². The molecule has 10 rings (SSSR count). The van der Waals surface area contributed by atoms with Crippen molar-refractivity contribution >= 4 is 34.1 Å². The molecule has 0 saturated heterocycles. The molecule has 0 atom stereocenters. The first-order chi connectivity index (χ1) is 24.8. The second-order valence-corrected chi connectivity index (χ2v) is 15.0. The summed E-state index contributed by atoms with van der Waals surface area (Å²) in [5.41, 5.74) is 16.4. The SMILES string of the molecule is CC1(C)c2ccccc2-c2ccc(N(c3ccccc3-c3ccccc3)c3ccc4c5c3Oc3ccccc3N5c3ccccc3C4(C)C)cc21. The zero-order chi connectivity index (χ0) is 34.5. The molecule has 0 aromatic heterocycles. The van der Waals surface area contributed by atoms with Crippen LogP contribution in [0.15, 0.2) is 158 Å². The van der Waals surface area contributed by atoms with Crippen LogP contribution < -0.4 is 14.5 Å². The van der Waals surface area contributed by atoms with Gasteiger partial charge in [-0.3, -0.25) is 0 Å². The molecule has 3 nitrogen and oxygen atoms in total. The maximum Gasteiger partial charge on any atom is 0.175 e. The van der Waals surface area contributed by atoms with Crippen LogP contribution >= 0.6 is 0 Å². The van der Waals surface area contributed by atoms with Gasteiger partial charge < -0.3 is 14.5 Å². The first kappa shape index (κ1) is 29.8. The second kappa shape index (κ2) is 10.7. The molecule has 2 aliphatic heterocycles. The summed E-state index contributed by atoms with van der Waals surface area (Å²) in [6.45, 7) is 9.37. The van der Waals surface area contributed by atoms with Crippen LogP contribution in [0, 0.1) is 0 Å². The summed E-state index contributed by atoms with van der Waals surface area (Å²) in [5, 5.41) is 0. The highest BCUT2D eigenvalue weighted by Gasteiger charge is 2.43. The first-order valence-electron chi connectivity index (χ1n) is 17.9. The molecule has 3 aliphatic rings. The van der Waals surface area contributed by atoms with E-state index in [1.807, 2.05) is 0 Å². The van der Waals surface area contributed by atoms with E-state index in [2.05, 4.69) is 195 Å². The van der Waals surface area contributed by atoms with Gasteiger partial charge in [0, 0.05) is 22.1 Å². The van der Waals surface area contributed by atoms with E-state index in [4.69, 9.17) is 4.74 Å². The largest absolute Gasteiger partial charge is 0.451 e. The molecular formula is C48H38N2O. The number of hydrogen-bond donors (Lipinski definition) is 0. The summed E-state index contributed by atoms with van der Waals surface area (Å²) in [7, 11) is 0. The lowest BCUT2D eigenvalue weighted by Crippen LogP contribution is -2.32. The molecule has 7 aromatic rings. The van der Waals surface area contributed by atoms with Crippen molar-refractivity contribution in [1.82, 2.24) is 0 Å². The highest BCUT2D eigenvalue weighted by Crippen LogP contribution is 2.63. The monoisotopic (exact) mass is 658 g/mol. The van der Waals surface area contributed by atoms with Gasteiger partial charge in [0.1, 0.15) is 0 Å². The number of nitrogens with zero attached hydrogens (tertiary/aromatic N) is 2. The Morgan fingerprint density at radius 3 is 1.92 bits per heavy atom. The fraction of sp³-hybridized carbons (Fsp3) is 0.125. The standard InChI is InChI=1S/C48H38N2O/c1-47(2)36-20-10-8-19-34(36)35-27-26-32(30-39(35)47)49(40-22-12-9-18-33(40)31-16-6-5-7-17-31)43-29-28-38-45-46(43)51-44-25-15-14-24-42(44)50(45)41-23-13-11-21-37(41)48(38,3)4/h5-30H,1-4H3. The van der Waals surface area contributed by atoms with Gasteiger partial charge in [-0.05, 0) is 81.4 Å². The lowest BCUT2D eigenvalue weighted by atomic mass is 9.73. The van der Waals surface area contributed by atoms with Gasteiger partial charge in [-0.2, -0.15) is 0 Å². The Kier molecular flexibility index (Phi) is 6.27. The van der Waals surface area contributed by atoms with Crippen LogP contribution in [-0.2, 0) is 10.8 Å². The van der Waals surface area contributed by atoms with Crippen LogP contribution in [0.1, 0.15) is 49.9 Å². The summed E-state index contributed by atoms with van der Waals surface area (Å²) in [6, 6.07) is 57.2. The summed E-state index contributed by atoms with van der Waals surface area (Å²) in [5.74, 6) is 1.71. The fourth-order valence-corrected chi connectivity index (χ4v) is 8.88. The molecule has 7 aromatic carbocycles. The molecule has 246 valence electrons. The third kappa shape index (κ3) is 4.18. The van der Waals surface area contributed by atoms with Gasteiger partial charge in [-0.15, -0.1) is 0 Å². The van der Waals surface area contributed by atoms with Crippen molar-refractivity contribution in [3.05, 3.63) is 180 Å². The van der Waals surface area contributed by atoms with E-state index in [1.165, 1.54) is 44.6 Å². The molecular weight excluding hydrogens is 621 g/mol. The molecule has 0 unspecified atom stereocenters. The Bertz CT molecular complexity index is 2530. The number of rotatable bonds is 4. The minimum Gasteiger partial charge on any atom is -0.451 e. The van der Waals surface area contributed by atoms with Gasteiger partial charge in [0.25, 0.3) is 0 Å². The van der Waals surface area contributed by atoms with Crippen molar-refractivity contribution in [1.29, 1.82) is 0 Å². The lowest BCUT2D eigenvalue weighted by molar-refractivity contribution is 0.472. The minimum absolute atomic E-state index is 0.142. The van der Waals surface area contributed by atoms with Crippen molar-refractivity contribution in [3.63, 3.8) is 0 Å². The molecule has 0 N–H and O–H groups in total. The topological polar surface area (TPSA) is 15.7 Å². The Balaban J connectivity index is 1.27. The van der Waals surface area contributed by atoms with E-state index in [0.29, 0.717) is 0 Å². The first-order valence-corrected chi connectivity index (χ1v) is 17.9. The molecule has 1 aliphatic carbocycles. The van der Waals surface area contributed by atoms with Crippen LogP contribution in [-0.4, -0.2) is 0 Å². The van der Waals surface area contributed by atoms with Crippen molar-refractivity contribution in [2.24, 2.45) is 0 Å². The smallest absolute Gasteiger partial charge is 0.175 e. The van der Waals surface area contributed by atoms with E-state index in [9.17, 15) is 0 Å². The Labute approximate surface area is 300 Å². The van der Waals surface area contributed by atoms with Gasteiger partial charge in [0.15, 0.2) is 11.5 Å². The number of hydrogen-bond acceptors (Lipinski definition) is 3. The molecule has 0 fully saturated rings. The summed E-state index contributed by atoms with van der Waals surface area (Å²) in [4.78, 5) is 4.86. The summed E-state index contributed by atoms with van der Waals surface area (Å²) >= 11 is 0. The number of fused-ring (bicyclic) bond motifs is 7. The second-order valence-electron chi connectivity index (χ2n) is 15.0. The van der Waals surface area contributed by atoms with Crippen LogP contribution in [0.4, 0.5) is 34.1 Å². The quantitative estimate of drug-likeness (QED) is 0.187. The Hall–Kier alpha value is -6.06. The fourth-order valence-electron chi connectivity index (χ4n) is 8.88. The van der Waals surface area contributed by atoms with Crippen molar-refractivity contribution in [2.75, 3.05) is 9.80 Å². The van der Waals surface area contributed by atoms with Gasteiger partial charge in [0.2, 0.25) is 0 Å². The van der Waals surface area contributed by atoms with E-state index in [0.717, 1.165) is 45.5 Å². The van der Waals surface area contributed by atoms with E-state index in [-0.39, 0.29) is 10.8 Å². The van der Waals surface area contributed by atoms with Crippen molar-refractivity contribution in [2.45, 2.75) is 38.5 Å². The summed E-state index contributed by atoms with van der Waals surface area (Å²) in [6.07, 6.45) is 0. The Morgan fingerprint density at radius 2 is 1.10 bits per heavy atom. The number of ether oxygens (including phenoxy) is 1. The van der Waals surface area contributed by atoms with Gasteiger partial charge in [-0.1, -0.05) is 143 Å². The highest BCUT2D eigenvalue weighted by atomic mass is 16.5. The zero-order valence-electron chi connectivity index (χ0n) is 29.3. The molecule has 0 radical (unpaired) electrons. The predicted molar refractivity (Wildman–Crippen MR) is 211 cm³/mol. The Morgan fingerprint density at radius 1 is 0.471 bits per heavy atom. The molecule has 3 heteroatoms. The summed E-state index contributed by atoms with van der Waals surface area (Å²) < 4.78 is 7.13. The van der Waals surface area contributed by atoms with Crippen LogP contribution in [0.2, 0.25) is 0 Å². The number of para-hydroxylation sites is 4. The molecule has 0 bridgehead atoms. The van der Waals surface area contributed by atoms with Gasteiger partial charge >= 0.3 is 0 Å². The minimum atomic E-state index is -0.235. The van der Waals surface area contributed by atoms with Gasteiger partial charge in [0.05, 0.1) is 28.4 Å². The van der Waals surface area contributed by atoms with E-state index < -0.39 is 0 Å².